The summed E-state index contributed by atoms with van der Waals surface area (Å²) in [4.78, 5) is 8.76. The van der Waals surface area contributed by atoms with E-state index in [9.17, 15) is 0 Å². The van der Waals surface area contributed by atoms with Crippen molar-refractivity contribution < 1.29 is 4.42 Å². The number of hydrogen-bond acceptors (Lipinski definition) is 5. The molecule has 0 amide bonds. The fraction of sp³-hybridized carbons (Fsp3) is 0.0952. The average molecular weight is 355 g/mol. The maximum atomic E-state index is 6.15. The summed E-state index contributed by atoms with van der Waals surface area (Å²) in [5.74, 6) is 1.56. The van der Waals surface area contributed by atoms with Gasteiger partial charge >= 0.3 is 0 Å². The normalized spacial score (nSPS) is 12.5. The van der Waals surface area contributed by atoms with E-state index in [1.165, 1.54) is 0 Å². The maximum Gasteiger partial charge on any atom is 0.163 e. The highest BCUT2D eigenvalue weighted by atomic mass is 16.3. The summed E-state index contributed by atoms with van der Waals surface area (Å²) in [6.07, 6.45) is 3.32. The Bertz CT molecular complexity index is 1190. The molecule has 0 saturated heterocycles. The number of benzene rings is 2. The van der Waals surface area contributed by atoms with E-state index in [1.807, 2.05) is 49.5 Å². The van der Waals surface area contributed by atoms with Crippen molar-refractivity contribution in [1.82, 2.24) is 19.7 Å². The van der Waals surface area contributed by atoms with Gasteiger partial charge in [-0.2, -0.15) is 5.10 Å². The Morgan fingerprint density at radius 3 is 2.67 bits per heavy atom. The van der Waals surface area contributed by atoms with Crippen LogP contribution in [0.5, 0.6) is 0 Å². The standard InChI is InChI=1S/C21H17N5O/c1-26-21-16(12-24-26)20(22-13-23-21)25-19(14-7-3-2-4-8-14)18-11-15-9-5-6-10-17(15)27-18/h2-13,19H,1H3,(H,22,23,25)/t19-/m1/s1. The van der Waals surface area contributed by atoms with Crippen LogP contribution in [0.2, 0.25) is 0 Å². The molecule has 0 aliphatic carbocycles. The molecule has 2 aromatic carbocycles. The Hall–Kier alpha value is -3.67. The van der Waals surface area contributed by atoms with Gasteiger partial charge in [-0.25, -0.2) is 9.97 Å². The number of aromatic nitrogens is 4. The predicted molar refractivity (Wildman–Crippen MR) is 104 cm³/mol. The Morgan fingerprint density at radius 2 is 1.81 bits per heavy atom. The van der Waals surface area contributed by atoms with Crippen molar-refractivity contribution in [2.24, 2.45) is 7.05 Å². The molecule has 0 radical (unpaired) electrons. The van der Waals surface area contributed by atoms with Crippen molar-refractivity contribution in [2.45, 2.75) is 6.04 Å². The van der Waals surface area contributed by atoms with Crippen molar-refractivity contribution in [3.63, 3.8) is 0 Å². The molecule has 0 unspecified atom stereocenters. The summed E-state index contributed by atoms with van der Waals surface area (Å²) in [5.41, 5.74) is 2.74. The van der Waals surface area contributed by atoms with Crippen molar-refractivity contribution in [3.8, 4) is 0 Å². The molecule has 1 N–H and O–H groups in total. The highest BCUT2D eigenvalue weighted by molar-refractivity contribution is 5.86. The minimum Gasteiger partial charge on any atom is -0.459 e. The smallest absolute Gasteiger partial charge is 0.163 e. The summed E-state index contributed by atoms with van der Waals surface area (Å²) in [6, 6.07) is 20.1. The molecule has 0 spiro atoms. The first-order valence-electron chi connectivity index (χ1n) is 8.72. The first kappa shape index (κ1) is 15.6. The number of hydrogen-bond donors (Lipinski definition) is 1. The lowest BCUT2D eigenvalue weighted by molar-refractivity contribution is 0.536. The molecule has 3 heterocycles. The van der Waals surface area contributed by atoms with Crippen LogP contribution < -0.4 is 5.32 Å². The van der Waals surface area contributed by atoms with Gasteiger partial charge in [0.2, 0.25) is 0 Å². The minimum absolute atomic E-state index is 0.183. The number of furan rings is 1. The van der Waals surface area contributed by atoms with Crippen LogP contribution in [0, 0.1) is 0 Å². The summed E-state index contributed by atoms with van der Waals surface area (Å²) in [7, 11) is 1.87. The van der Waals surface area contributed by atoms with Crippen LogP contribution in [0.15, 0.2) is 77.6 Å². The number of nitrogens with one attached hydrogen (secondary N) is 1. The van der Waals surface area contributed by atoms with Crippen molar-refractivity contribution in [1.29, 1.82) is 0 Å². The molecule has 1 atom stereocenters. The first-order valence-corrected chi connectivity index (χ1v) is 8.72. The Morgan fingerprint density at radius 1 is 1.00 bits per heavy atom. The van der Waals surface area contributed by atoms with Crippen LogP contribution in [0.1, 0.15) is 17.4 Å². The first-order chi connectivity index (χ1) is 13.3. The van der Waals surface area contributed by atoms with Gasteiger partial charge in [-0.3, -0.25) is 4.68 Å². The lowest BCUT2D eigenvalue weighted by atomic mass is 10.0. The van der Waals surface area contributed by atoms with Gasteiger partial charge in [-0.15, -0.1) is 0 Å². The van der Waals surface area contributed by atoms with Crippen LogP contribution >= 0.6 is 0 Å². The molecular weight excluding hydrogens is 338 g/mol. The van der Waals surface area contributed by atoms with E-state index >= 15 is 0 Å². The quantitative estimate of drug-likeness (QED) is 0.520. The fourth-order valence-corrected chi connectivity index (χ4v) is 3.32. The molecule has 132 valence electrons. The molecule has 0 aliphatic rings. The number of para-hydroxylation sites is 1. The van der Waals surface area contributed by atoms with Gasteiger partial charge in [0.05, 0.1) is 11.6 Å². The van der Waals surface area contributed by atoms with Crippen LogP contribution in [0.25, 0.3) is 22.0 Å². The van der Waals surface area contributed by atoms with E-state index in [0.717, 1.165) is 39.1 Å². The average Bonchev–Trinajstić information content (AvgIpc) is 3.31. The van der Waals surface area contributed by atoms with Crippen LogP contribution in [-0.4, -0.2) is 19.7 Å². The third-order valence-corrected chi connectivity index (χ3v) is 4.67. The Kier molecular flexibility index (Phi) is 3.60. The highest BCUT2D eigenvalue weighted by Gasteiger charge is 2.20. The van der Waals surface area contributed by atoms with E-state index in [2.05, 4.69) is 38.6 Å². The molecule has 5 rings (SSSR count). The molecule has 0 bridgehead atoms. The summed E-state index contributed by atoms with van der Waals surface area (Å²) >= 11 is 0. The lowest BCUT2D eigenvalue weighted by Crippen LogP contribution is -2.13. The van der Waals surface area contributed by atoms with E-state index in [0.29, 0.717) is 0 Å². The molecular formula is C21H17N5O. The Balaban J connectivity index is 1.64. The second-order valence-corrected chi connectivity index (χ2v) is 6.40. The minimum atomic E-state index is -0.183. The zero-order valence-corrected chi connectivity index (χ0v) is 14.7. The third-order valence-electron chi connectivity index (χ3n) is 4.67. The summed E-state index contributed by atoms with van der Waals surface area (Å²) in [5, 5.41) is 9.77. The van der Waals surface area contributed by atoms with Crippen molar-refractivity contribution in [2.75, 3.05) is 5.32 Å². The van der Waals surface area contributed by atoms with Gasteiger partial charge < -0.3 is 9.73 Å². The van der Waals surface area contributed by atoms with Gasteiger partial charge in [0.15, 0.2) is 5.65 Å². The molecule has 5 aromatic rings. The zero-order valence-electron chi connectivity index (χ0n) is 14.7. The lowest BCUT2D eigenvalue weighted by Gasteiger charge is -2.18. The van der Waals surface area contributed by atoms with E-state index < -0.39 is 0 Å². The maximum absolute atomic E-state index is 6.15. The predicted octanol–water partition coefficient (Wildman–Crippen LogP) is 4.31. The number of fused-ring (bicyclic) bond motifs is 2. The van der Waals surface area contributed by atoms with Gasteiger partial charge in [0, 0.05) is 12.4 Å². The van der Waals surface area contributed by atoms with Gasteiger partial charge in [0.1, 0.15) is 29.5 Å². The SMILES string of the molecule is Cn1ncc2c(N[C@H](c3ccccc3)c3cc4ccccc4o3)ncnc21. The molecule has 6 heteroatoms. The van der Waals surface area contributed by atoms with Crippen LogP contribution in [0.3, 0.4) is 0 Å². The summed E-state index contributed by atoms with van der Waals surface area (Å²) in [6.45, 7) is 0. The number of rotatable bonds is 4. The largest absolute Gasteiger partial charge is 0.459 e. The van der Waals surface area contributed by atoms with Gasteiger partial charge in [0.25, 0.3) is 0 Å². The Labute approximate surface area is 155 Å². The van der Waals surface area contributed by atoms with E-state index in [-0.39, 0.29) is 6.04 Å². The fourth-order valence-electron chi connectivity index (χ4n) is 3.32. The van der Waals surface area contributed by atoms with E-state index in [1.54, 1.807) is 17.2 Å². The van der Waals surface area contributed by atoms with Crippen LogP contribution in [-0.2, 0) is 7.05 Å². The molecule has 3 aromatic heterocycles. The molecule has 0 fully saturated rings. The second kappa shape index (κ2) is 6.25. The molecule has 0 saturated carbocycles. The molecule has 27 heavy (non-hydrogen) atoms. The number of nitrogens with zero attached hydrogens (tertiary/aromatic N) is 4. The molecule has 6 nitrogen and oxygen atoms in total. The monoisotopic (exact) mass is 355 g/mol. The van der Waals surface area contributed by atoms with E-state index in [4.69, 9.17) is 4.42 Å². The number of aryl methyl sites for hydroxylation is 1. The van der Waals surface area contributed by atoms with Crippen molar-refractivity contribution in [3.05, 3.63) is 84.5 Å². The topological polar surface area (TPSA) is 68.8 Å². The third kappa shape index (κ3) is 2.71. The number of anilines is 1. The zero-order chi connectivity index (χ0) is 18.2. The van der Waals surface area contributed by atoms with Crippen molar-refractivity contribution >= 4 is 27.8 Å². The summed E-state index contributed by atoms with van der Waals surface area (Å²) < 4.78 is 7.88. The van der Waals surface area contributed by atoms with Gasteiger partial charge in [-0.1, -0.05) is 48.5 Å². The van der Waals surface area contributed by atoms with Gasteiger partial charge in [-0.05, 0) is 17.7 Å². The second-order valence-electron chi connectivity index (χ2n) is 6.40. The molecule has 0 aliphatic heterocycles. The highest BCUT2D eigenvalue weighted by Crippen LogP contribution is 2.32. The van der Waals surface area contributed by atoms with Crippen LogP contribution in [0.4, 0.5) is 5.82 Å².